The number of nitrogens with one attached hydrogen (secondary N) is 1. The predicted molar refractivity (Wildman–Crippen MR) is 81.8 cm³/mol. The average molecular weight is 293 g/mol. The molecule has 4 nitrogen and oxygen atoms in total. The van der Waals surface area contributed by atoms with Crippen molar-refractivity contribution in [2.24, 2.45) is 5.92 Å². The van der Waals surface area contributed by atoms with Crippen LogP contribution in [0.25, 0.3) is 0 Å². The summed E-state index contributed by atoms with van der Waals surface area (Å²) in [5.74, 6) is 1.79. The van der Waals surface area contributed by atoms with E-state index in [1.165, 1.54) is 25.7 Å². The summed E-state index contributed by atoms with van der Waals surface area (Å²) in [5.41, 5.74) is -1.16. The van der Waals surface area contributed by atoms with E-state index in [0.29, 0.717) is 18.1 Å². The van der Waals surface area contributed by atoms with Crippen LogP contribution in [0, 0.1) is 12.8 Å². The summed E-state index contributed by atoms with van der Waals surface area (Å²) in [5, 5.41) is 13.2. The van der Waals surface area contributed by atoms with Crippen molar-refractivity contribution < 1.29 is 14.3 Å². The van der Waals surface area contributed by atoms with E-state index in [9.17, 15) is 9.90 Å². The van der Waals surface area contributed by atoms with E-state index >= 15 is 0 Å². The summed E-state index contributed by atoms with van der Waals surface area (Å²) < 4.78 is 5.45. The highest BCUT2D eigenvalue weighted by Gasteiger charge is 2.27. The topological polar surface area (TPSA) is 62.5 Å². The zero-order chi connectivity index (χ0) is 15.3. The Morgan fingerprint density at radius 1 is 1.33 bits per heavy atom. The van der Waals surface area contributed by atoms with Gasteiger partial charge < -0.3 is 14.8 Å². The SMILES string of the molecule is Cc1ccc(C(C)(O)CNC(=O)CC2CCCCCC2)o1. The van der Waals surface area contributed by atoms with Gasteiger partial charge in [-0.15, -0.1) is 0 Å². The van der Waals surface area contributed by atoms with E-state index in [-0.39, 0.29) is 12.5 Å². The molecule has 4 heteroatoms. The third kappa shape index (κ3) is 4.88. The van der Waals surface area contributed by atoms with Gasteiger partial charge >= 0.3 is 0 Å². The van der Waals surface area contributed by atoms with Gasteiger partial charge in [0.05, 0.1) is 6.54 Å². The number of aliphatic hydroxyl groups is 1. The second-order valence-corrected chi connectivity index (χ2v) is 6.52. The number of amides is 1. The first-order valence-electron chi connectivity index (χ1n) is 8.03. The number of hydrogen-bond donors (Lipinski definition) is 2. The van der Waals surface area contributed by atoms with Gasteiger partial charge in [-0.05, 0) is 44.7 Å². The normalized spacial score (nSPS) is 19.8. The van der Waals surface area contributed by atoms with Crippen molar-refractivity contribution in [1.82, 2.24) is 5.32 Å². The van der Waals surface area contributed by atoms with Gasteiger partial charge in [-0.2, -0.15) is 0 Å². The maximum atomic E-state index is 12.1. The molecule has 0 aromatic carbocycles. The lowest BCUT2D eigenvalue weighted by Crippen LogP contribution is -2.38. The van der Waals surface area contributed by atoms with Crippen molar-refractivity contribution >= 4 is 5.91 Å². The summed E-state index contributed by atoms with van der Waals surface area (Å²) in [4.78, 5) is 12.1. The standard InChI is InChI=1S/C17H27NO3/c1-13-9-10-15(21-13)17(2,20)12-18-16(19)11-14-7-5-3-4-6-8-14/h9-10,14,20H,3-8,11-12H2,1-2H3,(H,18,19). The Bertz CT molecular complexity index is 456. The number of furan rings is 1. The van der Waals surface area contributed by atoms with Crippen LogP contribution in [0.4, 0.5) is 0 Å². The second-order valence-electron chi connectivity index (χ2n) is 6.52. The molecule has 1 aliphatic rings. The lowest BCUT2D eigenvalue weighted by molar-refractivity contribution is -0.123. The quantitative estimate of drug-likeness (QED) is 0.819. The van der Waals surface area contributed by atoms with Crippen molar-refractivity contribution in [3.05, 3.63) is 23.7 Å². The zero-order valence-electron chi connectivity index (χ0n) is 13.2. The van der Waals surface area contributed by atoms with Gasteiger partial charge in [0.25, 0.3) is 0 Å². The molecule has 1 aliphatic carbocycles. The van der Waals surface area contributed by atoms with Crippen LogP contribution in [-0.2, 0) is 10.4 Å². The maximum absolute atomic E-state index is 12.1. The summed E-state index contributed by atoms with van der Waals surface area (Å²) in [6, 6.07) is 3.57. The molecule has 1 aromatic rings. The minimum Gasteiger partial charge on any atom is -0.463 e. The maximum Gasteiger partial charge on any atom is 0.220 e. The molecule has 0 saturated heterocycles. The minimum absolute atomic E-state index is 0.0328. The number of aryl methyl sites for hydroxylation is 1. The molecule has 2 rings (SSSR count). The van der Waals surface area contributed by atoms with E-state index < -0.39 is 5.60 Å². The van der Waals surface area contributed by atoms with Gasteiger partial charge in [0.2, 0.25) is 5.91 Å². The fraction of sp³-hybridized carbons (Fsp3) is 0.706. The molecular formula is C17H27NO3. The first-order chi connectivity index (χ1) is 9.97. The highest BCUT2D eigenvalue weighted by Crippen LogP contribution is 2.26. The Labute approximate surface area is 126 Å². The fourth-order valence-electron chi connectivity index (χ4n) is 2.98. The van der Waals surface area contributed by atoms with Crippen LogP contribution in [0.15, 0.2) is 16.5 Å². The van der Waals surface area contributed by atoms with Crippen molar-refractivity contribution in [1.29, 1.82) is 0 Å². The Hall–Kier alpha value is -1.29. The van der Waals surface area contributed by atoms with Crippen LogP contribution in [0.5, 0.6) is 0 Å². The first-order valence-corrected chi connectivity index (χ1v) is 8.03. The second kappa shape index (κ2) is 7.12. The molecular weight excluding hydrogens is 266 g/mol. The van der Waals surface area contributed by atoms with Gasteiger partial charge in [0, 0.05) is 6.42 Å². The molecule has 2 N–H and O–H groups in total. The minimum atomic E-state index is -1.16. The highest BCUT2D eigenvalue weighted by molar-refractivity contribution is 5.76. The van der Waals surface area contributed by atoms with E-state index in [4.69, 9.17) is 4.42 Å². The summed E-state index contributed by atoms with van der Waals surface area (Å²) in [6.45, 7) is 3.69. The molecule has 1 unspecified atom stereocenters. The summed E-state index contributed by atoms with van der Waals surface area (Å²) >= 11 is 0. The van der Waals surface area contributed by atoms with E-state index in [1.807, 2.05) is 13.0 Å². The van der Waals surface area contributed by atoms with Crippen molar-refractivity contribution in [2.45, 2.75) is 64.4 Å². The third-order valence-corrected chi connectivity index (χ3v) is 4.35. The van der Waals surface area contributed by atoms with E-state index in [0.717, 1.165) is 18.6 Å². The van der Waals surface area contributed by atoms with E-state index in [2.05, 4.69) is 5.32 Å². The monoisotopic (exact) mass is 293 g/mol. The van der Waals surface area contributed by atoms with Crippen LogP contribution in [-0.4, -0.2) is 17.6 Å². The van der Waals surface area contributed by atoms with Gasteiger partial charge in [0.1, 0.15) is 17.1 Å². The van der Waals surface area contributed by atoms with Gasteiger partial charge in [-0.3, -0.25) is 4.79 Å². The smallest absolute Gasteiger partial charge is 0.220 e. The Morgan fingerprint density at radius 3 is 2.57 bits per heavy atom. The molecule has 1 heterocycles. The van der Waals surface area contributed by atoms with Crippen LogP contribution in [0.3, 0.4) is 0 Å². The molecule has 1 amide bonds. The van der Waals surface area contributed by atoms with Gasteiger partial charge in [-0.1, -0.05) is 25.7 Å². The fourth-order valence-corrected chi connectivity index (χ4v) is 2.98. The molecule has 21 heavy (non-hydrogen) atoms. The van der Waals surface area contributed by atoms with Crippen LogP contribution < -0.4 is 5.32 Å². The molecule has 0 radical (unpaired) electrons. The number of hydrogen-bond acceptors (Lipinski definition) is 3. The van der Waals surface area contributed by atoms with E-state index in [1.54, 1.807) is 13.0 Å². The van der Waals surface area contributed by atoms with Crippen LogP contribution in [0.1, 0.15) is 63.4 Å². The number of carbonyl (C=O) groups excluding carboxylic acids is 1. The van der Waals surface area contributed by atoms with Crippen molar-refractivity contribution in [2.75, 3.05) is 6.54 Å². The molecule has 1 aromatic heterocycles. The number of carbonyl (C=O) groups is 1. The summed E-state index contributed by atoms with van der Waals surface area (Å²) in [7, 11) is 0. The van der Waals surface area contributed by atoms with Crippen molar-refractivity contribution in [3.63, 3.8) is 0 Å². The first kappa shape index (κ1) is 16.1. The van der Waals surface area contributed by atoms with Crippen LogP contribution >= 0.6 is 0 Å². The highest BCUT2D eigenvalue weighted by atomic mass is 16.4. The lowest BCUT2D eigenvalue weighted by atomic mass is 9.96. The molecule has 118 valence electrons. The Balaban J connectivity index is 1.80. The zero-order valence-corrected chi connectivity index (χ0v) is 13.2. The molecule has 0 spiro atoms. The third-order valence-electron chi connectivity index (χ3n) is 4.35. The van der Waals surface area contributed by atoms with Gasteiger partial charge in [-0.25, -0.2) is 0 Å². The Kier molecular flexibility index (Phi) is 5.45. The van der Waals surface area contributed by atoms with Crippen LogP contribution in [0.2, 0.25) is 0 Å². The molecule has 1 atom stereocenters. The van der Waals surface area contributed by atoms with Crippen molar-refractivity contribution in [3.8, 4) is 0 Å². The van der Waals surface area contributed by atoms with Gasteiger partial charge in [0.15, 0.2) is 0 Å². The largest absolute Gasteiger partial charge is 0.463 e. The average Bonchev–Trinajstić information content (AvgIpc) is 2.72. The lowest BCUT2D eigenvalue weighted by Gasteiger charge is -2.22. The number of rotatable bonds is 5. The summed E-state index contributed by atoms with van der Waals surface area (Å²) in [6.07, 6.45) is 7.95. The molecule has 0 bridgehead atoms. The predicted octanol–water partition coefficient (Wildman–Crippen LogP) is 3.27. The molecule has 0 aliphatic heterocycles. The molecule has 1 saturated carbocycles. The molecule has 1 fully saturated rings. The Morgan fingerprint density at radius 2 is 2.00 bits per heavy atom.